The van der Waals surface area contributed by atoms with Gasteiger partial charge in [0.2, 0.25) is 0 Å². The fourth-order valence-corrected chi connectivity index (χ4v) is 3.04. The van der Waals surface area contributed by atoms with E-state index < -0.39 is 0 Å². The van der Waals surface area contributed by atoms with Crippen molar-refractivity contribution in [3.63, 3.8) is 0 Å². The maximum Gasteiger partial charge on any atom is 0.0589 e. The van der Waals surface area contributed by atoms with Gasteiger partial charge in [-0.15, -0.1) is 0 Å². The van der Waals surface area contributed by atoms with Crippen molar-refractivity contribution in [3.05, 3.63) is 0 Å². The molecule has 0 saturated carbocycles. The molecule has 0 bridgehead atoms. The number of likely N-dealkylation sites (tertiary alicyclic amines) is 1. The quantitative estimate of drug-likeness (QED) is 0.715. The molecule has 0 spiro atoms. The van der Waals surface area contributed by atoms with E-state index in [9.17, 15) is 0 Å². The molecule has 16 heavy (non-hydrogen) atoms. The van der Waals surface area contributed by atoms with Gasteiger partial charge in [0.1, 0.15) is 0 Å². The molecule has 1 fully saturated rings. The van der Waals surface area contributed by atoms with Crippen LogP contribution < -0.4 is 0 Å². The smallest absolute Gasteiger partial charge is 0.0589 e. The first-order valence-corrected chi connectivity index (χ1v) is 6.76. The fraction of sp³-hybridized carbons (Fsp3) is 1.00. The molecule has 0 aromatic carbocycles. The molecule has 0 radical (unpaired) electrons. The van der Waals surface area contributed by atoms with E-state index in [1.807, 2.05) is 0 Å². The summed E-state index contributed by atoms with van der Waals surface area (Å²) in [7, 11) is 1.79. The third kappa shape index (κ3) is 3.21. The van der Waals surface area contributed by atoms with Crippen molar-refractivity contribution in [2.45, 2.75) is 53.0 Å². The monoisotopic (exact) mass is 227 g/mol. The lowest BCUT2D eigenvalue weighted by molar-refractivity contribution is 0.0172. The second-order valence-corrected chi connectivity index (χ2v) is 5.86. The Labute approximate surface area is 101 Å². The van der Waals surface area contributed by atoms with Crippen LogP contribution in [0, 0.1) is 11.3 Å². The number of hydrogen-bond donors (Lipinski definition) is 0. The van der Waals surface area contributed by atoms with E-state index in [0.29, 0.717) is 11.5 Å². The van der Waals surface area contributed by atoms with Gasteiger partial charge in [-0.05, 0) is 37.6 Å². The van der Waals surface area contributed by atoms with Crippen LogP contribution in [0.25, 0.3) is 0 Å². The van der Waals surface area contributed by atoms with Crippen LogP contribution in [0.4, 0.5) is 0 Å². The molecule has 0 aliphatic carbocycles. The van der Waals surface area contributed by atoms with Crippen molar-refractivity contribution in [2.75, 3.05) is 26.8 Å². The number of piperidine rings is 1. The van der Waals surface area contributed by atoms with Gasteiger partial charge < -0.3 is 4.74 Å². The molecule has 1 aliphatic heterocycles. The number of hydrogen-bond acceptors (Lipinski definition) is 2. The summed E-state index contributed by atoms with van der Waals surface area (Å²) in [4.78, 5) is 2.61. The Morgan fingerprint density at radius 2 is 2.06 bits per heavy atom. The van der Waals surface area contributed by atoms with E-state index in [2.05, 4.69) is 32.6 Å². The highest BCUT2D eigenvalue weighted by Gasteiger charge is 2.36. The normalized spacial score (nSPS) is 28.3. The van der Waals surface area contributed by atoms with Crippen LogP contribution in [0.1, 0.15) is 47.0 Å². The first-order chi connectivity index (χ1) is 7.53. The Balaban J connectivity index is 2.60. The Morgan fingerprint density at radius 1 is 1.38 bits per heavy atom. The lowest BCUT2D eigenvalue weighted by Crippen LogP contribution is -2.49. The highest BCUT2D eigenvalue weighted by atomic mass is 16.5. The van der Waals surface area contributed by atoms with Crippen molar-refractivity contribution in [2.24, 2.45) is 11.3 Å². The van der Waals surface area contributed by atoms with E-state index >= 15 is 0 Å². The van der Waals surface area contributed by atoms with Crippen molar-refractivity contribution in [1.29, 1.82) is 0 Å². The molecule has 2 unspecified atom stereocenters. The Bertz CT molecular complexity index is 203. The topological polar surface area (TPSA) is 12.5 Å². The number of methoxy groups -OCH3 is 1. The van der Waals surface area contributed by atoms with E-state index in [1.54, 1.807) is 7.11 Å². The first kappa shape index (κ1) is 14.0. The summed E-state index contributed by atoms with van der Waals surface area (Å²) in [5.74, 6) is 0.836. The highest BCUT2D eigenvalue weighted by Crippen LogP contribution is 2.40. The minimum atomic E-state index is 0.477. The van der Waals surface area contributed by atoms with Gasteiger partial charge in [-0.1, -0.05) is 27.2 Å². The van der Waals surface area contributed by atoms with Crippen molar-refractivity contribution < 1.29 is 4.74 Å². The average Bonchev–Trinajstić information content (AvgIpc) is 2.27. The van der Waals surface area contributed by atoms with E-state index in [0.717, 1.165) is 19.1 Å². The SMILES string of the molecule is CCC(C)(C)C1CCCN(CCOC)C1C. The average molecular weight is 227 g/mol. The lowest BCUT2D eigenvalue weighted by Gasteiger charge is -2.46. The molecule has 2 heteroatoms. The number of nitrogens with zero attached hydrogens (tertiary/aromatic N) is 1. The Kier molecular flexibility index (Phi) is 5.26. The molecule has 1 rings (SSSR count). The molecule has 0 N–H and O–H groups in total. The minimum Gasteiger partial charge on any atom is -0.383 e. The summed E-state index contributed by atoms with van der Waals surface area (Å²) in [5, 5.41) is 0. The predicted octanol–water partition coefficient (Wildman–Crippen LogP) is 3.17. The highest BCUT2D eigenvalue weighted by molar-refractivity contribution is 4.89. The standard InChI is InChI=1S/C14H29NO/c1-6-14(3,4)13-8-7-9-15(12(13)2)10-11-16-5/h12-13H,6-11H2,1-5H3. The van der Waals surface area contributed by atoms with Crippen LogP contribution in [0.15, 0.2) is 0 Å². The van der Waals surface area contributed by atoms with Gasteiger partial charge in [-0.25, -0.2) is 0 Å². The van der Waals surface area contributed by atoms with Crippen molar-refractivity contribution in [3.8, 4) is 0 Å². The maximum absolute atomic E-state index is 5.20. The van der Waals surface area contributed by atoms with Gasteiger partial charge in [0.05, 0.1) is 6.61 Å². The Morgan fingerprint density at radius 3 is 2.62 bits per heavy atom. The van der Waals surface area contributed by atoms with Gasteiger partial charge >= 0.3 is 0 Å². The summed E-state index contributed by atoms with van der Waals surface area (Å²) in [6, 6.07) is 0.707. The van der Waals surface area contributed by atoms with Gasteiger partial charge in [0, 0.05) is 19.7 Å². The molecular weight excluding hydrogens is 198 g/mol. The molecular formula is C14H29NO. The van der Waals surface area contributed by atoms with E-state index in [4.69, 9.17) is 4.74 Å². The summed E-state index contributed by atoms with van der Waals surface area (Å²) >= 11 is 0. The zero-order valence-electron chi connectivity index (χ0n) is 11.8. The van der Waals surface area contributed by atoms with E-state index in [-0.39, 0.29) is 0 Å². The Hall–Kier alpha value is -0.0800. The molecule has 2 atom stereocenters. The molecule has 0 aromatic heterocycles. The van der Waals surface area contributed by atoms with Crippen LogP contribution in [0.3, 0.4) is 0 Å². The summed E-state index contributed by atoms with van der Waals surface area (Å²) < 4.78 is 5.20. The maximum atomic E-state index is 5.20. The molecule has 2 nitrogen and oxygen atoms in total. The molecule has 0 aromatic rings. The van der Waals surface area contributed by atoms with Gasteiger partial charge in [-0.2, -0.15) is 0 Å². The fourth-order valence-electron chi connectivity index (χ4n) is 3.04. The second-order valence-electron chi connectivity index (χ2n) is 5.86. The lowest BCUT2D eigenvalue weighted by atomic mass is 9.69. The van der Waals surface area contributed by atoms with Crippen LogP contribution in [0.2, 0.25) is 0 Å². The van der Waals surface area contributed by atoms with Crippen LogP contribution in [-0.4, -0.2) is 37.7 Å². The second kappa shape index (κ2) is 6.02. The third-order valence-electron chi connectivity index (χ3n) is 4.62. The first-order valence-electron chi connectivity index (χ1n) is 6.76. The largest absolute Gasteiger partial charge is 0.383 e. The zero-order valence-corrected chi connectivity index (χ0v) is 11.8. The zero-order chi connectivity index (χ0) is 12.2. The third-order valence-corrected chi connectivity index (χ3v) is 4.62. The predicted molar refractivity (Wildman–Crippen MR) is 69.7 cm³/mol. The van der Waals surface area contributed by atoms with Crippen LogP contribution in [-0.2, 0) is 4.74 Å². The minimum absolute atomic E-state index is 0.477. The molecule has 0 amide bonds. The summed E-state index contributed by atoms with van der Waals surface area (Å²) in [6.07, 6.45) is 4.02. The molecule has 1 heterocycles. The van der Waals surface area contributed by atoms with Crippen molar-refractivity contribution in [1.82, 2.24) is 4.90 Å². The summed E-state index contributed by atoms with van der Waals surface area (Å²) in [6.45, 7) is 12.8. The van der Waals surface area contributed by atoms with Gasteiger partial charge in [0.15, 0.2) is 0 Å². The number of rotatable bonds is 5. The molecule has 1 aliphatic rings. The molecule has 96 valence electrons. The molecule has 1 saturated heterocycles. The van der Waals surface area contributed by atoms with Crippen LogP contribution >= 0.6 is 0 Å². The van der Waals surface area contributed by atoms with Crippen LogP contribution in [0.5, 0.6) is 0 Å². The van der Waals surface area contributed by atoms with Gasteiger partial charge in [0.25, 0.3) is 0 Å². The van der Waals surface area contributed by atoms with E-state index in [1.165, 1.54) is 25.8 Å². The van der Waals surface area contributed by atoms with Crippen molar-refractivity contribution >= 4 is 0 Å². The van der Waals surface area contributed by atoms with Gasteiger partial charge in [-0.3, -0.25) is 4.90 Å². The summed E-state index contributed by atoms with van der Waals surface area (Å²) in [5.41, 5.74) is 0.477. The number of ether oxygens (including phenoxy) is 1.